The number of thiazole rings is 1. The fourth-order valence-corrected chi connectivity index (χ4v) is 7.77. The second-order valence-electron chi connectivity index (χ2n) is 9.82. The van der Waals surface area contributed by atoms with E-state index in [0.29, 0.717) is 16.4 Å². The molecule has 236 valence electrons. The number of carbonyl (C=O) groups excluding carboxylic acids is 1. The predicted molar refractivity (Wildman–Crippen MR) is 166 cm³/mol. The van der Waals surface area contributed by atoms with Crippen molar-refractivity contribution in [3.05, 3.63) is 48.4 Å². The summed E-state index contributed by atoms with van der Waals surface area (Å²) in [6, 6.07) is 3.69. The number of aryl methyl sites for hydroxylation is 1. The molecule has 2 aromatic rings. The number of thioether (sulfide) groups is 1. The maximum Gasteiger partial charge on any atom is 1.00 e. The van der Waals surface area contributed by atoms with E-state index in [2.05, 4.69) is 0 Å². The van der Waals surface area contributed by atoms with Crippen LogP contribution in [0.3, 0.4) is 0 Å². The number of aliphatic carboxylic acids is 2. The molecule has 0 saturated carbocycles. The largest absolute Gasteiger partial charge is 1.00 e. The summed E-state index contributed by atoms with van der Waals surface area (Å²) in [5.74, 6) is -3.28. The third kappa shape index (κ3) is 7.82. The van der Waals surface area contributed by atoms with E-state index in [0.717, 1.165) is 41.9 Å². The number of nitrogens with zero attached hydrogens (tertiary/aromatic N) is 4. The minimum Gasteiger partial charge on any atom is -0.748 e. The molecule has 0 atom stereocenters. The summed E-state index contributed by atoms with van der Waals surface area (Å²) in [6.45, 7) is 2.17. The van der Waals surface area contributed by atoms with Gasteiger partial charge in [-0.3, -0.25) is 33.5 Å². The number of amides is 1. The molecule has 1 saturated heterocycles. The van der Waals surface area contributed by atoms with Crippen LogP contribution in [0.4, 0.5) is 5.69 Å². The minimum absolute atomic E-state index is 0. The number of carboxylic acid groups (broad SMARTS) is 2. The molecule has 1 fully saturated rings. The molecule has 4 rings (SSSR count). The van der Waals surface area contributed by atoms with Gasteiger partial charge in [0.15, 0.2) is 5.11 Å². The van der Waals surface area contributed by atoms with Gasteiger partial charge in [-0.05, 0) is 61.8 Å². The van der Waals surface area contributed by atoms with Crippen molar-refractivity contribution in [3.8, 4) is 5.75 Å². The first-order valence-electron chi connectivity index (χ1n) is 12.8. The van der Waals surface area contributed by atoms with Gasteiger partial charge >= 0.3 is 41.5 Å². The van der Waals surface area contributed by atoms with Crippen LogP contribution >= 0.6 is 35.3 Å². The summed E-state index contributed by atoms with van der Waals surface area (Å²) in [7, 11) is -1.57. The third-order valence-electron chi connectivity index (χ3n) is 6.69. The molecular formula is C26H27N4NaO10S4. The predicted octanol–water partition coefficient (Wildman–Crippen LogP) is -2.87. The number of allylic oxidation sites excluding steroid dienone is 1. The molecule has 0 spiro atoms. The van der Waals surface area contributed by atoms with Crippen LogP contribution in [-0.2, 0) is 31.0 Å². The summed E-state index contributed by atoms with van der Waals surface area (Å²) >= 11 is 7.40. The van der Waals surface area contributed by atoms with Crippen molar-refractivity contribution >= 4 is 85.4 Å². The van der Waals surface area contributed by atoms with Crippen LogP contribution in [0, 0.1) is 6.92 Å². The summed E-state index contributed by atoms with van der Waals surface area (Å²) in [6.07, 6.45) is 1.71. The van der Waals surface area contributed by atoms with E-state index in [1.165, 1.54) is 25.9 Å². The summed E-state index contributed by atoms with van der Waals surface area (Å²) in [4.78, 5) is 54.8. The number of hydrogen-bond acceptors (Lipinski definition) is 12. The molecule has 0 aliphatic carbocycles. The number of aromatic nitrogens is 1. The van der Waals surface area contributed by atoms with Crippen molar-refractivity contribution in [1.29, 1.82) is 0 Å². The van der Waals surface area contributed by atoms with Crippen LogP contribution in [0.25, 0.3) is 11.3 Å². The third-order valence-corrected chi connectivity index (χ3v) is 10.4. The minimum atomic E-state index is -4.45. The number of ether oxygens (including phenoxy) is 1. The summed E-state index contributed by atoms with van der Waals surface area (Å²) < 4.78 is 40.2. The first-order chi connectivity index (χ1) is 20.5. The smallest absolute Gasteiger partial charge is 0.748 e. The maximum absolute atomic E-state index is 13.6. The Morgan fingerprint density at radius 3 is 2.36 bits per heavy atom. The van der Waals surface area contributed by atoms with E-state index in [-0.39, 0.29) is 62.5 Å². The molecule has 0 radical (unpaired) electrons. The van der Waals surface area contributed by atoms with Crippen LogP contribution in [-0.4, -0.2) is 93.5 Å². The molecule has 19 heteroatoms. The SMILES string of the molecule is COc1cc2c(cc1C)N(CCCS(=O)(=O)[O-])C(=CC(C)=c1s/c(=C3\C(=O)N(C)C(=S)N3CC(=O)O)n(CC(=O)O)c1=O)S2.[Na+]. The zero-order valence-corrected chi connectivity index (χ0v) is 30.1. The second-order valence-corrected chi connectivity index (χ2v) is 13.8. The Morgan fingerprint density at radius 2 is 1.78 bits per heavy atom. The average molecular weight is 707 g/mol. The van der Waals surface area contributed by atoms with Gasteiger partial charge in [0.05, 0.1) is 32.5 Å². The number of rotatable bonds is 10. The van der Waals surface area contributed by atoms with Crippen molar-refractivity contribution in [1.82, 2.24) is 14.4 Å². The molecule has 2 aliphatic rings. The molecule has 2 aliphatic heterocycles. The molecule has 45 heavy (non-hydrogen) atoms. The van der Waals surface area contributed by atoms with E-state index < -0.39 is 52.4 Å². The molecule has 1 aromatic heterocycles. The molecule has 0 unspecified atom stereocenters. The Balaban J connectivity index is 0.00000552. The Kier molecular flexibility index (Phi) is 11.7. The van der Waals surface area contributed by atoms with Gasteiger partial charge in [0.2, 0.25) is 0 Å². The zero-order valence-electron chi connectivity index (χ0n) is 24.8. The molecule has 1 amide bonds. The van der Waals surface area contributed by atoms with Gasteiger partial charge in [0.25, 0.3) is 11.5 Å². The Labute approximate surface area is 293 Å². The van der Waals surface area contributed by atoms with Crippen LogP contribution in [0.2, 0.25) is 0 Å². The molecular weight excluding hydrogens is 680 g/mol. The van der Waals surface area contributed by atoms with Gasteiger partial charge in [0, 0.05) is 24.2 Å². The quantitative estimate of drug-likeness (QED) is 0.146. The Hall–Kier alpha value is -2.71. The molecule has 0 bridgehead atoms. The molecule has 2 N–H and O–H groups in total. The number of hydrogen-bond donors (Lipinski definition) is 2. The van der Waals surface area contributed by atoms with E-state index in [1.54, 1.807) is 13.0 Å². The number of anilines is 1. The van der Waals surface area contributed by atoms with Gasteiger partial charge < -0.3 is 24.4 Å². The van der Waals surface area contributed by atoms with Gasteiger partial charge in [-0.1, -0.05) is 11.8 Å². The number of methoxy groups -OCH3 is 1. The second kappa shape index (κ2) is 14.4. The van der Waals surface area contributed by atoms with E-state index in [9.17, 15) is 42.4 Å². The van der Waals surface area contributed by atoms with Gasteiger partial charge in [-0.25, -0.2) is 8.42 Å². The standard InChI is InChI=1S/C26H28N4O10S4.Na/c1-13-8-15-17(10-16(13)40-4)42-18(28(15)6-5-7-44(37,38)39)9-14(2)22-24(36)30(12-20(33)34)25(43-22)21-23(35)27(3)26(41)29(21)11-19(31)32;/h8-10H,5-7,11-12H2,1-4H3,(H,31,32)(H,33,34)(H,37,38,39);/q;+1/p-1/b18-9?,22-14?,25-21+;. The van der Waals surface area contributed by atoms with Crippen molar-refractivity contribution in [3.63, 3.8) is 0 Å². The molecule has 14 nitrogen and oxygen atoms in total. The normalized spacial score (nSPS) is 17.5. The van der Waals surface area contributed by atoms with E-state index in [4.69, 9.17) is 17.0 Å². The average Bonchev–Trinajstić information content (AvgIpc) is 3.48. The fourth-order valence-electron chi connectivity index (χ4n) is 4.68. The Bertz CT molecular complexity index is 1920. The molecule has 1 aromatic carbocycles. The van der Waals surface area contributed by atoms with Gasteiger partial charge in [0.1, 0.15) is 29.2 Å². The van der Waals surface area contributed by atoms with Crippen molar-refractivity contribution < 1.29 is 71.9 Å². The maximum atomic E-state index is 13.6. The number of fused-ring (bicyclic) bond motifs is 1. The van der Waals surface area contributed by atoms with Gasteiger partial charge in [-0.15, -0.1) is 11.3 Å². The first kappa shape index (κ1) is 36.8. The van der Waals surface area contributed by atoms with Crippen LogP contribution < -0.4 is 53.9 Å². The molecule has 3 heterocycles. The van der Waals surface area contributed by atoms with Crippen molar-refractivity contribution in [2.24, 2.45) is 0 Å². The first-order valence-corrected chi connectivity index (χ1v) is 16.4. The van der Waals surface area contributed by atoms with Crippen molar-refractivity contribution in [2.75, 3.05) is 37.9 Å². The van der Waals surface area contributed by atoms with Crippen LogP contribution in [0.15, 0.2) is 32.9 Å². The number of carboxylic acids is 2. The van der Waals surface area contributed by atoms with Gasteiger partial charge in [-0.2, -0.15) is 0 Å². The summed E-state index contributed by atoms with van der Waals surface area (Å²) in [5, 5.41) is 19.5. The van der Waals surface area contributed by atoms with E-state index in [1.807, 2.05) is 24.0 Å². The van der Waals surface area contributed by atoms with Crippen LogP contribution in [0.5, 0.6) is 5.75 Å². The van der Waals surface area contributed by atoms with E-state index >= 15 is 0 Å². The zero-order chi connectivity index (χ0) is 32.7. The fraction of sp³-hybridized carbons (Fsp3) is 0.346. The van der Waals surface area contributed by atoms with Crippen molar-refractivity contribution in [2.45, 2.75) is 31.7 Å². The number of carbonyl (C=O) groups is 3. The number of likely N-dealkylation sites (N-methyl/N-ethyl adjacent to an activating group) is 1. The monoisotopic (exact) mass is 706 g/mol. The topological polar surface area (TPSA) is 190 Å². The number of thiocarbonyl (C=S) groups is 1. The number of benzene rings is 1. The summed E-state index contributed by atoms with van der Waals surface area (Å²) in [5.41, 5.74) is 1.04. The Morgan fingerprint density at radius 1 is 1.13 bits per heavy atom. The van der Waals surface area contributed by atoms with Crippen LogP contribution in [0.1, 0.15) is 18.9 Å².